The number of aliphatic carboxylic acids is 1. The summed E-state index contributed by atoms with van der Waals surface area (Å²) in [7, 11) is 0. The van der Waals surface area contributed by atoms with Gasteiger partial charge in [-0.05, 0) is 0 Å². The number of carbonyl (C=O) groups is 1. The Morgan fingerprint density at radius 3 is 2.12 bits per heavy atom. The molecule has 0 radical (unpaired) electrons. The molecular formula is C10H20N4O2. The van der Waals surface area contributed by atoms with Gasteiger partial charge in [-0.2, -0.15) is 0 Å². The summed E-state index contributed by atoms with van der Waals surface area (Å²) < 4.78 is 0. The predicted molar refractivity (Wildman–Crippen MR) is 60.1 cm³/mol. The van der Waals surface area contributed by atoms with Crippen LogP contribution in [0.15, 0.2) is 0 Å². The second-order valence-electron chi connectivity index (χ2n) is 4.33. The molecule has 2 aliphatic heterocycles. The van der Waals surface area contributed by atoms with Gasteiger partial charge in [0.1, 0.15) is 0 Å². The van der Waals surface area contributed by atoms with Crippen LogP contribution in [-0.4, -0.2) is 84.9 Å². The number of rotatable bonds is 3. The van der Waals surface area contributed by atoms with E-state index in [1.807, 2.05) is 4.90 Å². The van der Waals surface area contributed by atoms with Gasteiger partial charge in [-0.25, -0.2) is 10.0 Å². The van der Waals surface area contributed by atoms with Gasteiger partial charge >= 0.3 is 5.97 Å². The van der Waals surface area contributed by atoms with E-state index in [0.29, 0.717) is 0 Å². The van der Waals surface area contributed by atoms with Gasteiger partial charge in [0, 0.05) is 52.4 Å². The Bertz CT molecular complexity index is 235. The molecule has 16 heavy (non-hydrogen) atoms. The van der Waals surface area contributed by atoms with E-state index in [4.69, 9.17) is 5.11 Å². The highest BCUT2D eigenvalue weighted by atomic mass is 16.4. The third-order valence-corrected chi connectivity index (χ3v) is 3.20. The molecule has 0 aromatic carbocycles. The van der Waals surface area contributed by atoms with Gasteiger partial charge in [0.25, 0.3) is 0 Å². The number of nitrogens with one attached hydrogen (secondary N) is 1. The number of piperazine rings is 2. The van der Waals surface area contributed by atoms with Crippen LogP contribution in [0, 0.1) is 0 Å². The molecule has 0 saturated carbocycles. The van der Waals surface area contributed by atoms with Crippen LogP contribution in [-0.2, 0) is 4.79 Å². The molecule has 0 atom stereocenters. The zero-order chi connectivity index (χ0) is 11.4. The summed E-state index contributed by atoms with van der Waals surface area (Å²) in [5, 5.41) is 16.8. The number of hydrogen-bond donors (Lipinski definition) is 2. The SMILES string of the molecule is O=C(O)CN1CCN(N2CCNCC2)CC1. The third kappa shape index (κ3) is 3.15. The summed E-state index contributed by atoms with van der Waals surface area (Å²) in [6.45, 7) is 8.03. The minimum atomic E-state index is -0.726. The molecule has 0 unspecified atom stereocenters. The number of carboxylic acid groups (broad SMARTS) is 1. The molecule has 2 saturated heterocycles. The van der Waals surface area contributed by atoms with E-state index < -0.39 is 5.97 Å². The molecule has 6 heteroatoms. The van der Waals surface area contributed by atoms with Crippen molar-refractivity contribution < 1.29 is 9.90 Å². The molecule has 0 amide bonds. The molecule has 2 rings (SSSR count). The minimum absolute atomic E-state index is 0.176. The van der Waals surface area contributed by atoms with Crippen LogP contribution in [0.1, 0.15) is 0 Å². The lowest BCUT2D eigenvalue weighted by molar-refractivity contribution is -0.139. The Hall–Kier alpha value is -0.690. The zero-order valence-electron chi connectivity index (χ0n) is 9.56. The quantitative estimate of drug-likeness (QED) is 0.614. The Morgan fingerprint density at radius 2 is 1.56 bits per heavy atom. The van der Waals surface area contributed by atoms with E-state index in [9.17, 15) is 4.79 Å². The summed E-state index contributed by atoms with van der Waals surface area (Å²) in [6, 6.07) is 0. The maximum atomic E-state index is 10.6. The van der Waals surface area contributed by atoms with Crippen LogP contribution in [0.2, 0.25) is 0 Å². The molecule has 2 heterocycles. The summed E-state index contributed by atoms with van der Waals surface area (Å²) in [6.07, 6.45) is 0. The van der Waals surface area contributed by atoms with E-state index in [0.717, 1.165) is 52.4 Å². The zero-order valence-corrected chi connectivity index (χ0v) is 9.56. The normalized spacial score (nSPS) is 25.8. The second-order valence-corrected chi connectivity index (χ2v) is 4.33. The molecule has 0 aromatic rings. The molecule has 2 fully saturated rings. The molecular weight excluding hydrogens is 208 g/mol. The Morgan fingerprint density at radius 1 is 1.00 bits per heavy atom. The fraction of sp³-hybridized carbons (Fsp3) is 0.900. The van der Waals surface area contributed by atoms with Gasteiger partial charge in [-0.1, -0.05) is 0 Å². The van der Waals surface area contributed by atoms with Gasteiger partial charge in [0.15, 0.2) is 0 Å². The summed E-state index contributed by atoms with van der Waals surface area (Å²) in [4.78, 5) is 12.6. The van der Waals surface area contributed by atoms with Gasteiger partial charge in [0.2, 0.25) is 0 Å². The molecule has 92 valence electrons. The minimum Gasteiger partial charge on any atom is -0.480 e. The van der Waals surface area contributed by atoms with E-state index in [2.05, 4.69) is 15.3 Å². The van der Waals surface area contributed by atoms with Crippen LogP contribution in [0.4, 0.5) is 0 Å². The maximum absolute atomic E-state index is 10.6. The molecule has 0 bridgehead atoms. The Labute approximate surface area is 95.8 Å². The number of carboxylic acids is 1. The summed E-state index contributed by atoms with van der Waals surface area (Å²) in [5.41, 5.74) is 0. The Balaban J connectivity index is 1.73. The van der Waals surface area contributed by atoms with Gasteiger partial charge < -0.3 is 10.4 Å². The van der Waals surface area contributed by atoms with Crippen molar-refractivity contribution in [1.82, 2.24) is 20.2 Å². The van der Waals surface area contributed by atoms with E-state index in [-0.39, 0.29) is 6.54 Å². The van der Waals surface area contributed by atoms with Crippen LogP contribution in [0.25, 0.3) is 0 Å². The van der Waals surface area contributed by atoms with Gasteiger partial charge in [-0.15, -0.1) is 0 Å². The van der Waals surface area contributed by atoms with Crippen LogP contribution >= 0.6 is 0 Å². The van der Waals surface area contributed by atoms with Crippen molar-refractivity contribution in [3.8, 4) is 0 Å². The first kappa shape index (κ1) is 11.8. The molecule has 0 aromatic heterocycles. The lowest BCUT2D eigenvalue weighted by Gasteiger charge is -2.42. The summed E-state index contributed by atoms with van der Waals surface area (Å²) >= 11 is 0. The molecule has 0 spiro atoms. The third-order valence-electron chi connectivity index (χ3n) is 3.20. The second kappa shape index (κ2) is 5.58. The number of hydrazine groups is 1. The first-order valence-electron chi connectivity index (χ1n) is 5.90. The van der Waals surface area contributed by atoms with Crippen molar-refractivity contribution in [2.75, 3.05) is 58.9 Å². The van der Waals surface area contributed by atoms with E-state index in [1.54, 1.807) is 0 Å². The number of hydrogen-bond acceptors (Lipinski definition) is 5. The maximum Gasteiger partial charge on any atom is 0.317 e. The topological polar surface area (TPSA) is 59.1 Å². The molecule has 2 N–H and O–H groups in total. The van der Waals surface area contributed by atoms with Gasteiger partial charge in [0.05, 0.1) is 6.54 Å². The molecule has 0 aliphatic carbocycles. The van der Waals surface area contributed by atoms with Crippen molar-refractivity contribution in [2.45, 2.75) is 0 Å². The average molecular weight is 228 g/mol. The van der Waals surface area contributed by atoms with Gasteiger partial charge in [-0.3, -0.25) is 9.69 Å². The highest BCUT2D eigenvalue weighted by Crippen LogP contribution is 2.06. The van der Waals surface area contributed by atoms with Crippen LogP contribution in [0.3, 0.4) is 0 Å². The average Bonchev–Trinajstić information content (AvgIpc) is 2.30. The predicted octanol–water partition coefficient (Wildman–Crippen LogP) is -1.49. The standard InChI is InChI=1S/C10H20N4O2/c15-10(16)9-12-5-7-14(8-6-12)13-3-1-11-2-4-13/h11H,1-9H2,(H,15,16). The summed E-state index contributed by atoms with van der Waals surface area (Å²) in [5.74, 6) is -0.726. The first-order valence-corrected chi connectivity index (χ1v) is 5.90. The van der Waals surface area contributed by atoms with Crippen LogP contribution in [0.5, 0.6) is 0 Å². The largest absolute Gasteiger partial charge is 0.480 e. The molecule has 2 aliphatic rings. The van der Waals surface area contributed by atoms with Crippen molar-refractivity contribution in [1.29, 1.82) is 0 Å². The van der Waals surface area contributed by atoms with Crippen molar-refractivity contribution in [3.05, 3.63) is 0 Å². The molecule has 6 nitrogen and oxygen atoms in total. The van der Waals surface area contributed by atoms with E-state index >= 15 is 0 Å². The highest BCUT2D eigenvalue weighted by molar-refractivity contribution is 5.69. The number of nitrogens with zero attached hydrogens (tertiary/aromatic N) is 3. The monoisotopic (exact) mass is 228 g/mol. The van der Waals surface area contributed by atoms with Crippen LogP contribution < -0.4 is 5.32 Å². The fourth-order valence-electron chi connectivity index (χ4n) is 2.31. The lowest BCUT2D eigenvalue weighted by atomic mass is 10.3. The highest BCUT2D eigenvalue weighted by Gasteiger charge is 2.23. The smallest absolute Gasteiger partial charge is 0.317 e. The fourth-order valence-corrected chi connectivity index (χ4v) is 2.31. The van der Waals surface area contributed by atoms with E-state index in [1.165, 1.54) is 0 Å². The van der Waals surface area contributed by atoms with Crippen molar-refractivity contribution >= 4 is 5.97 Å². The first-order chi connectivity index (χ1) is 7.75. The van der Waals surface area contributed by atoms with Crippen molar-refractivity contribution in [2.24, 2.45) is 0 Å². The lowest BCUT2D eigenvalue weighted by Crippen LogP contribution is -2.58. The Kier molecular flexibility index (Phi) is 4.11. The van der Waals surface area contributed by atoms with Crippen molar-refractivity contribution in [3.63, 3.8) is 0 Å².